The molecule has 24 heavy (non-hydrogen) atoms. The Bertz CT molecular complexity index is 495. The van der Waals surface area contributed by atoms with E-state index in [0.29, 0.717) is 0 Å². The zero-order chi connectivity index (χ0) is 16.8. The fourth-order valence-corrected chi connectivity index (χ4v) is 3.55. The monoisotopic (exact) mass is 380 g/mol. The molecule has 0 amide bonds. The molecule has 1 rings (SSSR count). The van der Waals surface area contributed by atoms with Gasteiger partial charge in [0.05, 0.1) is 11.5 Å². The van der Waals surface area contributed by atoms with E-state index in [-0.39, 0.29) is 64.3 Å². The Morgan fingerprint density at radius 1 is 0.792 bits per heavy atom. The van der Waals surface area contributed by atoms with Gasteiger partial charge >= 0.3 is 51.4 Å². The van der Waals surface area contributed by atoms with Gasteiger partial charge in [0.25, 0.3) is 10.1 Å². The van der Waals surface area contributed by atoms with Crippen molar-refractivity contribution >= 4 is 10.1 Å². The minimum Gasteiger partial charge on any atom is -1.00 e. The maximum Gasteiger partial charge on any atom is 1.00 e. The predicted molar refractivity (Wildman–Crippen MR) is 97.2 cm³/mol. The Kier molecular flexibility index (Phi) is 16.5. The van der Waals surface area contributed by atoms with Crippen LogP contribution < -0.4 is 51.4 Å². The standard InChI is InChI=1S/C19H32O3S.K.H/c1-2-3-4-5-6-7-8-9-10-11-15-18-22-23(20,21)19-16-13-12-14-17-19;;/h12-14,16-17H,2-11,15,18H2,1H3;;/q;+1;-1. The molecule has 1 aromatic rings. The van der Waals surface area contributed by atoms with Crippen molar-refractivity contribution in [3.05, 3.63) is 30.3 Å². The van der Waals surface area contributed by atoms with Crippen molar-refractivity contribution < 1.29 is 65.4 Å². The van der Waals surface area contributed by atoms with Crippen LogP contribution in [0.3, 0.4) is 0 Å². The molecule has 0 heterocycles. The largest absolute Gasteiger partial charge is 1.00 e. The summed E-state index contributed by atoms with van der Waals surface area (Å²) in [4.78, 5) is 0.239. The number of hydrogen-bond acceptors (Lipinski definition) is 3. The summed E-state index contributed by atoms with van der Waals surface area (Å²) in [6.45, 7) is 2.53. The van der Waals surface area contributed by atoms with Gasteiger partial charge in [-0.05, 0) is 18.6 Å². The molecule has 0 atom stereocenters. The molecule has 134 valence electrons. The van der Waals surface area contributed by atoms with Crippen LogP contribution in [0.25, 0.3) is 0 Å². The fraction of sp³-hybridized carbons (Fsp3) is 0.684. The van der Waals surface area contributed by atoms with Gasteiger partial charge < -0.3 is 1.43 Å². The van der Waals surface area contributed by atoms with Crippen LogP contribution in [0.2, 0.25) is 0 Å². The maximum absolute atomic E-state index is 11.9. The van der Waals surface area contributed by atoms with Gasteiger partial charge in [-0.2, -0.15) is 8.42 Å². The van der Waals surface area contributed by atoms with Crippen molar-refractivity contribution in [3.8, 4) is 0 Å². The van der Waals surface area contributed by atoms with E-state index in [2.05, 4.69) is 6.92 Å². The van der Waals surface area contributed by atoms with Gasteiger partial charge in [0.2, 0.25) is 0 Å². The van der Waals surface area contributed by atoms with Crippen molar-refractivity contribution in [1.82, 2.24) is 0 Å². The molecule has 0 unspecified atom stereocenters. The third-order valence-electron chi connectivity index (χ3n) is 4.02. The molecular weight excluding hydrogens is 347 g/mol. The van der Waals surface area contributed by atoms with Crippen LogP contribution in [0.4, 0.5) is 0 Å². The summed E-state index contributed by atoms with van der Waals surface area (Å²) in [6, 6.07) is 8.34. The number of unbranched alkanes of at least 4 members (excludes halogenated alkanes) is 10. The molecule has 5 heteroatoms. The van der Waals surface area contributed by atoms with E-state index >= 15 is 0 Å². The fourth-order valence-electron chi connectivity index (χ4n) is 2.59. The van der Waals surface area contributed by atoms with E-state index in [1.54, 1.807) is 30.3 Å². The van der Waals surface area contributed by atoms with E-state index in [1.807, 2.05) is 0 Å². The van der Waals surface area contributed by atoms with Crippen molar-refractivity contribution in [2.24, 2.45) is 0 Å². The SMILES string of the molecule is CCCCCCCCCCCCCOS(=O)(=O)c1ccccc1.[H-].[K+]. The number of benzene rings is 1. The topological polar surface area (TPSA) is 43.4 Å². The van der Waals surface area contributed by atoms with Crippen molar-refractivity contribution in [2.45, 2.75) is 82.4 Å². The van der Waals surface area contributed by atoms with Crippen LogP contribution in [0.15, 0.2) is 35.2 Å². The number of rotatable bonds is 14. The van der Waals surface area contributed by atoms with Crippen LogP contribution >= 0.6 is 0 Å². The smallest absolute Gasteiger partial charge is 1.00 e. The minimum atomic E-state index is -3.57. The first-order valence-electron chi connectivity index (χ1n) is 9.11. The van der Waals surface area contributed by atoms with Gasteiger partial charge in [-0.25, -0.2) is 0 Å². The Balaban J connectivity index is 0. The third kappa shape index (κ3) is 12.2. The second-order valence-corrected chi connectivity index (χ2v) is 7.74. The van der Waals surface area contributed by atoms with E-state index < -0.39 is 10.1 Å². The molecule has 0 aliphatic heterocycles. The van der Waals surface area contributed by atoms with Gasteiger partial charge in [-0.15, -0.1) is 0 Å². The molecule has 0 saturated carbocycles. The molecule has 1 aromatic carbocycles. The van der Waals surface area contributed by atoms with E-state index in [0.717, 1.165) is 12.8 Å². The summed E-state index contributed by atoms with van der Waals surface area (Å²) in [7, 11) is -3.57. The molecule has 0 saturated heterocycles. The Hall–Kier alpha value is 0.766. The Morgan fingerprint density at radius 3 is 1.75 bits per heavy atom. The van der Waals surface area contributed by atoms with Crippen molar-refractivity contribution in [1.29, 1.82) is 0 Å². The summed E-state index contributed by atoms with van der Waals surface area (Å²) in [5.74, 6) is 0. The van der Waals surface area contributed by atoms with E-state index in [9.17, 15) is 8.42 Å². The van der Waals surface area contributed by atoms with Gasteiger partial charge in [0, 0.05) is 0 Å². The van der Waals surface area contributed by atoms with Crippen LogP contribution in [0, 0.1) is 0 Å². The van der Waals surface area contributed by atoms with Gasteiger partial charge in [0.1, 0.15) is 0 Å². The molecule has 0 aliphatic carbocycles. The van der Waals surface area contributed by atoms with E-state index in [4.69, 9.17) is 4.18 Å². The van der Waals surface area contributed by atoms with Crippen molar-refractivity contribution in [2.75, 3.05) is 6.61 Å². The normalized spacial score (nSPS) is 11.2. The third-order valence-corrected chi connectivity index (χ3v) is 5.34. The zero-order valence-corrected chi connectivity index (χ0v) is 19.4. The van der Waals surface area contributed by atoms with E-state index in [1.165, 1.54) is 57.8 Å². The average molecular weight is 381 g/mol. The number of hydrogen-bond donors (Lipinski definition) is 0. The first-order chi connectivity index (χ1) is 11.2. The average Bonchev–Trinajstić information content (AvgIpc) is 2.56. The summed E-state index contributed by atoms with van der Waals surface area (Å²) in [6.07, 6.45) is 13.7. The predicted octanol–water partition coefficient (Wildman–Crippen LogP) is 2.82. The van der Waals surface area contributed by atoms with Gasteiger partial charge in [0.15, 0.2) is 0 Å². The van der Waals surface area contributed by atoms with Crippen LogP contribution in [0.1, 0.15) is 79.0 Å². The second-order valence-electron chi connectivity index (χ2n) is 6.12. The van der Waals surface area contributed by atoms with Crippen LogP contribution in [0.5, 0.6) is 0 Å². The Morgan fingerprint density at radius 2 is 1.25 bits per heavy atom. The zero-order valence-electron chi connectivity index (χ0n) is 16.5. The summed E-state index contributed by atoms with van der Waals surface area (Å²) in [5.41, 5.74) is 0. The van der Waals surface area contributed by atoms with Crippen LogP contribution in [-0.2, 0) is 14.3 Å². The molecule has 0 fully saturated rings. The Labute approximate surface area is 193 Å². The second kappa shape index (κ2) is 16.0. The summed E-state index contributed by atoms with van der Waals surface area (Å²) >= 11 is 0. The summed E-state index contributed by atoms with van der Waals surface area (Å²) in [5, 5.41) is 0. The van der Waals surface area contributed by atoms with Crippen molar-refractivity contribution in [3.63, 3.8) is 0 Å². The molecular formula is C19H33KO3S. The first-order valence-corrected chi connectivity index (χ1v) is 10.5. The molecule has 3 nitrogen and oxygen atoms in total. The molecule has 0 spiro atoms. The molecule has 0 aromatic heterocycles. The quantitative estimate of drug-likeness (QED) is 0.283. The van der Waals surface area contributed by atoms with Gasteiger partial charge in [-0.1, -0.05) is 89.3 Å². The first kappa shape index (κ1) is 24.8. The maximum atomic E-state index is 11.9. The molecule has 0 bridgehead atoms. The minimum absolute atomic E-state index is 0. The van der Waals surface area contributed by atoms with Crippen LogP contribution in [-0.4, -0.2) is 15.0 Å². The summed E-state index contributed by atoms with van der Waals surface area (Å²) < 4.78 is 28.9. The molecule has 0 N–H and O–H groups in total. The molecule has 0 radical (unpaired) electrons. The molecule has 0 aliphatic rings. The van der Waals surface area contributed by atoms with Gasteiger partial charge in [-0.3, -0.25) is 4.18 Å².